The van der Waals surface area contributed by atoms with Gasteiger partial charge in [0.25, 0.3) is 0 Å². The molecule has 1 amide bonds. The Morgan fingerprint density at radius 2 is 1.76 bits per heavy atom. The lowest BCUT2D eigenvalue weighted by Crippen LogP contribution is -2.50. The maximum absolute atomic E-state index is 14.2. The van der Waals surface area contributed by atoms with E-state index in [1.807, 2.05) is 0 Å². The van der Waals surface area contributed by atoms with E-state index in [0.29, 0.717) is 41.7 Å². The molecule has 0 aromatic carbocycles. The number of piperidine rings is 1. The molecular weight excluding hydrogens is 597 g/mol. The molecule has 3 aromatic rings. The summed E-state index contributed by atoms with van der Waals surface area (Å²) in [6, 6.07) is 1.10. The average Bonchev–Trinajstić information content (AvgIpc) is 3.46. The topological polar surface area (TPSA) is 125 Å². The molecule has 2 aliphatic rings. The number of imidazole rings is 1. The summed E-state index contributed by atoms with van der Waals surface area (Å²) >= 11 is 1.26. The zero-order chi connectivity index (χ0) is 30.4. The molecule has 0 saturated carbocycles. The Morgan fingerprint density at radius 3 is 2.33 bits per heavy atom. The molecule has 230 valence electrons. The maximum atomic E-state index is 14.2. The van der Waals surface area contributed by atoms with Crippen molar-refractivity contribution in [3.05, 3.63) is 24.0 Å². The molecule has 5 heterocycles. The fourth-order valence-electron chi connectivity index (χ4n) is 4.89. The summed E-state index contributed by atoms with van der Waals surface area (Å²) in [4.78, 5) is 24.5. The van der Waals surface area contributed by atoms with Crippen molar-refractivity contribution in [1.29, 1.82) is 0 Å². The number of anilines is 2. The number of aromatic nitrogens is 4. The number of hydrogen-bond donors (Lipinski definition) is 1. The normalized spacial score (nSPS) is 18.1. The van der Waals surface area contributed by atoms with Crippen molar-refractivity contribution in [3.63, 3.8) is 0 Å². The molecule has 42 heavy (non-hydrogen) atoms. The second-order valence-electron chi connectivity index (χ2n) is 11.4. The fraction of sp³-hybridized carbons (Fsp3) is 0.600. The van der Waals surface area contributed by atoms with Gasteiger partial charge >= 0.3 is 12.3 Å². The summed E-state index contributed by atoms with van der Waals surface area (Å²) in [5.74, 6) is -0.192. The van der Waals surface area contributed by atoms with Crippen molar-refractivity contribution in [2.75, 3.05) is 55.7 Å². The van der Waals surface area contributed by atoms with Crippen molar-refractivity contribution >= 4 is 43.4 Å². The van der Waals surface area contributed by atoms with Crippen molar-refractivity contribution in [2.24, 2.45) is 0 Å². The van der Waals surface area contributed by atoms with E-state index in [1.54, 1.807) is 27.0 Å². The van der Waals surface area contributed by atoms with Crippen molar-refractivity contribution < 1.29 is 31.1 Å². The number of nitrogens with one attached hydrogen (secondary N) is 1. The Morgan fingerprint density at radius 1 is 1.10 bits per heavy atom. The molecule has 0 atom stereocenters. The second-order valence-corrected chi connectivity index (χ2v) is 14.3. The van der Waals surface area contributed by atoms with Gasteiger partial charge in [-0.2, -0.15) is 13.2 Å². The van der Waals surface area contributed by atoms with E-state index < -0.39 is 33.5 Å². The van der Waals surface area contributed by atoms with Gasteiger partial charge in [0.15, 0.2) is 0 Å². The number of sulfonamides is 1. The first-order valence-corrected chi connectivity index (χ1v) is 16.1. The molecule has 0 bridgehead atoms. The molecule has 0 spiro atoms. The third kappa shape index (κ3) is 6.89. The van der Waals surface area contributed by atoms with Crippen LogP contribution in [0.5, 0.6) is 0 Å². The van der Waals surface area contributed by atoms with Gasteiger partial charge in [0.1, 0.15) is 11.4 Å². The summed E-state index contributed by atoms with van der Waals surface area (Å²) in [5, 5.41) is 8.36. The average molecular weight is 631 g/mol. The van der Waals surface area contributed by atoms with Crippen LogP contribution in [0.15, 0.2) is 18.5 Å². The molecule has 2 saturated heterocycles. The number of nitrogens with zero attached hydrogens (tertiary/aromatic N) is 7. The largest absolute Gasteiger partial charge is 0.444 e. The van der Waals surface area contributed by atoms with E-state index in [9.17, 15) is 26.4 Å². The lowest BCUT2D eigenvalue weighted by Gasteiger charge is -2.37. The number of amides is 1. The van der Waals surface area contributed by atoms with E-state index in [2.05, 4.69) is 20.4 Å². The number of fused-ring (bicyclic) bond motifs is 1. The molecular formula is C25H33F3N8O4S2. The number of halogens is 3. The third-order valence-electron chi connectivity index (χ3n) is 6.99. The highest BCUT2D eigenvalue weighted by Crippen LogP contribution is 2.38. The maximum Gasteiger partial charge on any atom is 0.419 e. The first-order valence-electron chi connectivity index (χ1n) is 13.5. The molecule has 2 fully saturated rings. The molecule has 0 aliphatic carbocycles. The number of pyridine rings is 1. The van der Waals surface area contributed by atoms with Gasteiger partial charge in [0.2, 0.25) is 20.1 Å². The van der Waals surface area contributed by atoms with Gasteiger partial charge in [-0.25, -0.2) is 32.0 Å². The Bertz CT molecular complexity index is 1520. The second kappa shape index (κ2) is 11.1. The molecule has 2 aliphatic heterocycles. The Balaban J connectivity index is 1.28. The fourth-order valence-corrected chi connectivity index (χ4v) is 6.62. The lowest BCUT2D eigenvalue weighted by molar-refractivity contribution is -0.137. The number of hydrogen-bond acceptors (Lipinski definition) is 10. The summed E-state index contributed by atoms with van der Waals surface area (Å²) in [6.07, 6.45) is 0.240. The van der Waals surface area contributed by atoms with Crippen molar-refractivity contribution in [3.8, 4) is 11.3 Å². The zero-order valence-corrected chi connectivity index (χ0v) is 25.3. The SMILES string of the molecule is CC(C)(C)OC(=O)N1CCN(c2ncc(-c3cn4nc(NC5CCN(S(C)(=O)=O)CC5)sc4n3)cc2C(F)(F)F)CC1. The summed E-state index contributed by atoms with van der Waals surface area (Å²) in [5.41, 5.74) is -1.03. The highest BCUT2D eigenvalue weighted by Gasteiger charge is 2.38. The number of carbonyl (C=O) groups is 1. The summed E-state index contributed by atoms with van der Waals surface area (Å²) < 4.78 is 74.3. The summed E-state index contributed by atoms with van der Waals surface area (Å²) in [7, 11) is -3.22. The van der Waals surface area contributed by atoms with Crippen LogP contribution in [0.1, 0.15) is 39.2 Å². The van der Waals surface area contributed by atoms with Crippen LogP contribution in [0.3, 0.4) is 0 Å². The van der Waals surface area contributed by atoms with Gasteiger partial charge in [-0.15, -0.1) is 5.10 Å². The number of rotatable bonds is 5. The van der Waals surface area contributed by atoms with Gasteiger partial charge in [0.05, 0.1) is 23.7 Å². The van der Waals surface area contributed by atoms with E-state index in [1.165, 1.54) is 42.4 Å². The zero-order valence-electron chi connectivity index (χ0n) is 23.7. The standard InChI is InChI=1S/C25H33F3N8O4S2/c1-24(2,3)40-23(37)34-11-9-33(10-12-34)20-18(25(26,27)28)13-16(14-29-20)19-15-36-22(31-19)41-21(32-36)30-17-5-7-35(8-6-17)42(4,38)39/h13-15,17H,5-12H2,1-4H3,(H,30,32). The predicted molar refractivity (Wildman–Crippen MR) is 152 cm³/mol. The van der Waals surface area contributed by atoms with Crippen LogP contribution in [0.2, 0.25) is 0 Å². The molecule has 1 N–H and O–H groups in total. The van der Waals surface area contributed by atoms with Crippen LogP contribution < -0.4 is 10.2 Å². The Hall–Kier alpha value is -3.18. The van der Waals surface area contributed by atoms with E-state index in [-0.39, 0.29) is 43.6 Å². The minimum atomic E-state index is -4.65. The van der Waals surface area contributed by atoms with Crippen LogP contribution in [0.4, 0.5) is 28.9 Å². The van der Waals surface area contributed by atoms with Crippen molar-refractivity contribution in [2.45, 2.75) is 51.4 Å². The predicted octanol–water partition coefficient (Wildman–Crippen LogP) is 3.76. The molecule has 17 heteroatoms. The van der Waals surface area contributed by atoms with Gasteiger partial charge in [-0.1, -0.05) is 11.3 Å². The van der Waals surface area contributed by atoms with Gasteiger partial charge in [-0.05, 0) is 39.7 Å². The minimum Gasteiger partial charge on any atom is -0.444 e. The van der Waals surface area contributed by atoms with Crippen LogP contribution in [0, 0.1) is 0 Å². The smallest absolute Gasteiger partial charge is 0.419 e. The number of piperazine rings is 1. The third-order valence-corrected chi connectivity index (χ3v) is 9.15. The first-order chi connectivity index (χ1) is 19.6. The van der Waals surface area contributed by atoms with E-state index in [0.717, 1.165) is 6.07 Å². The molecule has 12 nitrogen and oxygen atoms in total. The van der Waals surface area contributed by atoms with Gasteiger partial charge < -0.3 is 19.9 Å². The highest BCUT2D eigenvalue weighted by atomic mass is 32.2. The summed E-state index contributed by atoms with van der Waals surface area (Å²) in [6.45, 7) is 6.91. The highest BCUT2D eigenvalue weighted by molar-refractivity contribution is 7.88. The number of alkyl halides is 3. The van der Waals surface area contributed by atoms with Crippen LogP contribution >= 0.6 is 11.3 Å². The molecule has 0 unspecified atom stereocenters. The van der Waals surface area contributed by atoms with Crippen molar-refractivity contribution in [1.82, 2.24) is 28.8 Å². The number of carbonyl (C=O) groups excluding carboxylic acids is 1. The van der Waals surface area contributed by atoms with Crippen LogP contribution in [0.25, 0.3) is 16.2 Å². The molecule has 5 rings (SSSR count). The quantitative estimate of drug-likeness (QED) is 0.449. The van der Waals surface area contributed by atoms with Crippen LogP contribution in [-0.2, 0) is 20.9 Å². The van der Waals surface area contributed by atoms with Crippen LogP contribution in [-0.4, -0.2) is 100 Å². The first kappa shape index (κ1) is 30.3. The molecule has 0 radical (unpaired) electrons. The lowest BCUT2D eigenvalue weighted by atomic mass is 10.1. The van der Waals surface area contributed by atoms with E-state index >= 15 is 0 Å². The van der Waals surface area contributed by atoms with E-state index in [4.69, 9.17) is 4.74 Å². The Labute approximate surface area is 245 Å². The Kier molecular flexibility index (Phi) is 8.04. The number of ether oxygens (including phenoxy) is 1. The monoisotopic (exact) mass is 630 g/mol. The van der Waals surface area contributed by atoms with Gasteiger partial charge in [0, 0.05) is 57.1 Å². The minimum absolute atomic E-state index is 0.0513. The molecule has 3 aromatic heterocycles. The van der Waals surface area contributed by atoms with Gasteiger partial charge in [-0.3, -0.25) is 0 Å².